The topological polar surface area (TPSA) is 116 Å². The summed E-state index contributed by atoms with van der Waals surface area (Å²) in [6, 6.07) is 6.47. The largest absolute Gasteiger partial charge is 0.354 e. The highest BCUT2D eigenvalue weighted by Crippen LogP contribution is 2.15. The van der Waals surface area contributed by atoms with Crippen molar-refractivity contribution < 1.29 is 18.0 Å². The summed E-state index contributed by atoms with van der Waals surface area (Å²) in [6.45, 7) is 4.27. The fourth-order valence-corrected chi connectivity index (χ4v) is 2.55. The Kier molecular flexibility index (Phi) is 8.20. The van der Waals surface area contributed by atoms with Crippen LogP contribution in [0.2, 0.25) is 0 Å². The minimum Gasteiger partial charge on any atom is -0.354 e. The smallest absolute Gasteiger partial charge is 0.315 e. The third-order valence-corrected chi connectivity index (χ3v) is 4.00. The molecule has 0 spiro atoms. The van der Waals surface area contributed by atoms with E-state index in [1.807, 2.05) is 13.8 Å². The van der Waals surface area contributed by atoms with Gasteiger partial charge in [0.05, 0.1) is 11.9 Å². The number of sulfonamides is 1. The van der Waals surface area contributed by atoms with Gasteiger partial charge in [-0.2, -0.15) is 0 Å². The van der Waals surface area contributed by atoms with Crippen molar-refractivity contribution in [2.45, 2.75) is 39.3 Å². The van der Waals surface area contributed by atoms with E-state index in [1.54, 1.807) is 24.3 Å². The van der Waals surface area contributed by atoms with Gasteiger partial charge in [0.2, 0.25) is 15.9 Å². The highest BCUT2D eigenvalue weighted by Gasteiger charge is 2.09. The van der Waals surface area contributed by atoms with Crippen molar-refractivity contribution >= 4 is 27.6 Å². The van der Waals surface area contributed by atoms with Crippen LogP contribution >= 0.6 is 0 Å². The number of hydrogen-bond donors (Lipinski definition) is 4. The highest BCUT2D eigenvalue weighted by atomic mass is 32.2. The minimum absolute atomic E-state index is 0.111. The maximum Gasteiger partial charge on any atom is 0.315 e. The molecule has 1 unspecified atom stereocenters. The van der Waals surface area contributed by atoms with Gasteiger partial charge in [-0.05, 0) is 25.0 Å². The lowest BCUT2D eigenvalue weighted by Gasteiger charge is -2.13. The third kappa shape index (κ3) is 8.94. The number of nitrogens with one attached hydrogen (secondary N) is 4. The van der Waals surface area contributed by atoms with Crippen LogP contribution in [0.15, 0.2) is 24.3 Å². The first-order chi connectivity index (χ1) is 11.7. The number of anilines is 1. The second kappa shape index (κ2) is 9.87. The number of benzene rings is 1. The van der Waals surface area contributed by atoms with Crippen molar-refractivity contribution in [1.82, 2.24) is 16.0 Å². The van der Waals surface area contributed by atoms with Gasteiger partial charge >= 0.3 is 6.03 Å². The molecule has 0 bridgehead atoms. The predicted molar refractivity (Wildman–Crippen MR) is 97.7 cm³/mol. The van der Waals surface area contributed by atoms with E-state index >= 15 is 0 Å². The fourth-order valence-electron chi connectivity index (χ4n) is 1.95. The monoisotopic (exact) mass is 370 g/mol. The first-order valence-electron chi connectivity index (χ1n) is 8.08. The van der Waals surface area contributed by atoms with Crippen molar-refractivity contribution in [2.24, 2.45) is 0 Å². The first-order valence-corrected chi connectivity index (χ1v) is 9.97. The van der Waals surface area contributed by atoms with Crippen molar-refractivity contribution in [3.63, 3.8) is 0 Å². The summed E-state index contributed by atoms with van der Waals surface area (Å²) in [4.78, 5) is 23.4. The lowest BCUT2D eigenvalue weighted by atomic mass is 10.2. The number of hydrogen-bond acceptors (Lipinski definition) is 4. The number of carbonyl (C=O) groups excluding carboxylic acids is 2. The molecule has 1 aromatic rings. The lowest BCUT2D eigenvalue weighted by Crippen LogP contribution is -2.39. The number of rotatable bonds is 9. The van der Waals surface area contributed by atoms with Gasteiger partial charge in [0.25, 0.3) is 0 Å². The van der Waals surface area contributed by atoms with E-state index in [1.165, 1.54) is 0 Å². The van der Waals surface area contributed by atoms with E-state index in [-0.39, 0.29) is 31.5 Å². The molecule has 0 aromatic heterocycles. The van der Waals surface area contributed by atoms with E-state index in [0.29, 0.717) is 11.3 Å². The quantitative estimate of drug-likeness (QED) is 0.522. The second-order valence-electron chi connectivity index (χ2n) is 5.77. The maximum absolute atomic E-state index is 11.8. The molecule has 4 N–H and O–H groups in total. The van der Waals surface area contributed by atoms with E-state index in [0.717, 1.165) is 12.7 Å². The van der Waals surface area contributed by atoms with Gasteiger partial charge in [0.1, 0.15) is 0 Å². The van der Waals surface area contributed by atoms with Gasteiger partial charge in [-0.3, -0.25) is 9.52 Å². The molecule has 0 saturated heterocycles. The molecular formula is C16H26N4O4S. The van der Waals surface area contributed by atoms with Gasteiger partial charge in [0, 0.05) is 25.6 Å². The van der Waals surface area contributed by atoms with Crippen LogP contribution in [-0.4, -0.2) is 39.2 Å². The fraction of sp³-hybridized carbons (Fsp3) is 0.500. The van der Waals surface area contributed by atoms with Crippen LogP contribution in [0.25, 0.3) is 0 Å². The molecule has 0 fully saturated rings. The SMILES string of the molecule is CCC(C)NC(=O)CCNC(=O)NCc1ccccc1NS(C)(=O)=O. The zero-order valence-corrected chi connectivity index (χ0v) is 15.6. The molecule has 1 aromatic carbocycles. The van der Waals surface area contributed by atoms with E-state index in [4.69, 9.17) is 0 Å². The average Bonchev–Trinajstić information content (AvgIpc) is 2.52. The predicted octanol–water partition coefficient (Wildman–Crippen LogP) is 1.16. The molecule has 25 heavy (non-hydrogen) atoms. The number of para-hydroxylation sites is 1. The van der Waals surface area contributed by atoms with Gasteiger partial charge in [0.15, 0.2) is 0 Å². The molecule has 0 saturated carbocycles. The summed E-state index contributed by atoms with van der Waals surface area (Å²) in [5.41, 5.74) is 1.05. The Morgan fingerprint density at radius 3 is 2.48 bits per heavy atom. The molecule has 140 valence electrons. The van der Waals surface area contributed by atoms with Gasteiger partial charge in [-0.1, -0.05) is 25.1 Å². The lowest BCUT2D eigenvalue weighted by molar-refractivity contribution is -0.121. The van der Waals surface area contributed by atoms with Crippen LogP contribution in [0, 0.1) is 0 Å². The Morgan fingerprint density at radius 2 is 1.84 bits per heavy atom. The Bertz CT molecular complexity index is 691. The Labute approximate surface area is 148 Å². The number of carbonyl (C=O) groups is 2. The molecule has 0 aliphatic carbocycles. The zero-order valence-electron chi connectivity index (χ0n) is 14.8. The zero-order chi connectivity index (χ0) is 18.9. The Balaban J connectivity index is 2.41. The molecule has 0 heterocycles. The first kappa shape index (κ1) is 20.8. The van der Waals surface area contributed by atoms with Crippen LogP contribution in [0.4, 0.5) is 10.5 Å². The summed E-state index contributed by atoms with van der Waals surface area (Å²) >= 11 is 0. The van der Waals surface area contributed by atoms with Crippen LogP contribution in [0.5, 0.6) is 0 Å². The minimum atomic E-state index is -3.40. The van der Waals surface area contributed by atoms with Crippen LogP contribution < -0.4 is 20.7 Å². The molecule has 0 aliphatic rings. The molecular weight excluding hydrogens is 344 g/mol. The molecule has 9 heteroatoms. The summed E-state index contributed by atoms with van der Waals surface area (Å²) in [7, 11) is -3.40. The standard InChI is InChI=1S/C16H26N4O4S/c1-4-12(2)19-15(21)9-10-17-16(22)18-11-13-7-5-6-8-14(13)20-25(3,23)24/h5-8,12,20H,4,9-11H2,1-3H3,(H,19,21)(H2,17,18,22). The van der Waals surface area contributed by atoms with E-state index < -0.39 is 16.1 Å². The molecule has 0 radical (unpaired) electrons. The average molecular weight is 370 g/mol. The van der Waals surface area contributed by atoms with Crippen LogP contribution in [-0.2, 0) is 21.4 Å². The van der Waals surface area contributed by atoms with Gasteiger partial charge in [-0.15, -0.1) is 0 Å². The molecule has 1 atom stereocenters. The highest BCUT2D eigenvalue weighted by molar-refractivity contribution is 7.92. The summed E-state index contributed by atoms with van der Waals surface area (Å²) in [5.74, 6) is -0.114. The normalized spacial score (nSPS) is 12.1. The van der Waals surface area contributed by atoms with Gasteiger partial charge in [-0.25, -0.2) is 13.2 Å². The van der Waals surface area contributed by atoms with E-state index in [9.17, 15) is 18.0 Å². The maximum atomic E-state index is 11.8. The molecule has 3 amide bonds. The van der Waals surface area contributed by atoms with Crippen molar-refractivity contribution in [3.8, 4) is 0 Å². The summed E-state index contributed by atoms with van der Waals surface area (Å²) in [6.07, 6.45) is 2.11. The van der Waals surface area contributed by atoms with Crippen LogP contribution in [0.1, 0.15) is 32.3 Å². The molecule has 0 aliphatic heterocycles. The molecule has 1 rings (SSSR count). The summed E-state index contributed by atoms with van der Waals surface area (Å²) < 4.78 is 25.1. The number of urea groups is 1. The van der Waals surface area contributed by atoms with Gasteiger partial charge < -0.3 is 16.0 Å². The molecule has 8 nitrogen and oxygen atoms in total. The van der Waals surface area contributed by atoms with Crippen molar-refractivity contribution in [2.75, 3.05) is 17.5 Å². The number of amides is 3. The van der Waals surface area contributed by atoms with Crippen molar-refractivity contribution in [1.29, 1.82) is 0 Å². The van der Waals surface area contributed by atoms with E-state index in [2.05, 4.69) is 20.7 Å². The van der Waals surface area contributed by atoms with Crippen molar-refractivity contribution in [3.05, 3.63) is 29.8 Å². The summed E-state index contributed by atoms with van der Waals surface area (Å²) in [5, 5.41) is 8.04. The van der Waals surface area contributed by atoms with Crippen LogP contribution in [0.3, 0.4) is 0 Å². The Morgan fingerprint density at radius 1 is 1.16 bits per heavy atom. The Hall–Kier alpha value is -2.29. The second-order valence-corrected chi connectivity index (χ2v) is 7.52. The third-order valence-electron chi connectivity index (χ3n) is 3.41.